The van der Waals surface area contributed by atoms with Crippen molar-refractivity contribution in [2.45, 2.75) is 6.92 Å². The van der Waals surface area contributed by atoms with Crippen LogP contribution in [0.1, 0.15) is 16.7 Å². The third-order valence-corrected chi connectivity index (χ3v) is 4.93. The van der Waals surface area contributed by atoms with Crippen LogP contribution >= 0.6 is 0 Å². The van der Waals surface area contributed by atoms with Crippen LogP contribution in [-0.2, 0) is 7.05 Å². The maximum atomic E-state index is 7.76. The number of anilines is 1. The summed E-state index contributed by atoms with van der Waals surface area (Å²) in [5.74, 6) is 1.82. The Hall–Kier alpha value is -3.60. The van der Waals surface area contributed by atoms with Gasteiger partial charge in [0.25, 0.3) is 0 Å². The number of benzene rings is 2. The van der Waals surface area contributed by atoms with Crippen LogP contribution in [0.2, 0.25) is 0 Å². The van der Waals surface area contributed by atoms with E-state index in [4.69, 9.17) is 15.9 Å². The monoisotopic (exact) mass is 356 g/mol. The van der Waals surface area contributed by atoms with Gasteiger partial charge >= 0.3 is 0 Å². The first-order valence-corrected chi connectivity index (χ1v) is 8.61. The molecule has 0 atom stereocenters. The summed E-state index contributed by atoms with van der Waals surface area (Å²) in [4.78, 5) is 4.06. The minimum absolute atomic E-state index is 0.458. The van der Waals surface area contributed by atoms with Crippen LogP contribution in [0.5, 0.6) is 11.5 Å². The van der Waals surface area contributed by atoms with Crippen LogP contribution in [0.3, 0.4) is 0 Å². The molecule has 5 nitrogen and oxygen atoms in total. The minimum Gasteiger partial charge on any atom is -0.456 e. The fraction of sp³-hybridized carbons (Fsp3) is 0.0909. The van der Waals surface area contributed by atoms with Crippen LogP contribution < -0.4 is 10.5 Å². The summed E-state index contributed by atoms with van der Waals surface area (Å²) in [6.07, 6.45) is 4.80. The number of rotatable bonds is 4. The highest BCUT2D eigenvalue weighted by Crippen LogP contribution is 2.36. The summed E-state index contributed by atoms with van der Waals surface area (Å²) in [5, 5.41) is 9.93. The van der Waals surface area contributed by atoms with E-state index < -0.39 is 0 Å². The number of pyridine rings is 1. The maximum Gasteiger partial charge on any atom is 0.145 e. The molecule has 4 rings (SSSR count). The average molecular weight is 356 g/mol. The Bertz CT molecular complexity index is 1200. The Morgan fingerprint density at radius 2 is 1.93 bits per heavy atom. The number of nitrogens with one attached hydrogen (secondary N) is 1. The van der Waals surface area contributed by atoms with Crippen molar-refractivity contribution in [3.63, 3.8) is 0 Å². The highest BCUT2D eigenvalue weighted by Gasteiger charge is 2.15. The summed E-state index contributed by atoms with van der Waals surface area (Å²) >= 11 is 0. The summed E-state index contributed by atoms with van der Waals surface area (Å²) in [7, 11) is 2.05. The van der Waals surface area contributed by atoms with Crippen LogP contribution in [0.25, 0.3) is 27.9 Å². The smallest absolute Gasteiger partial charge is 0.145 e. The maximum absolute atomic E-state index is 7.76. The van der Waals surface area contributed by atoms with Crippen molar-refractivity contribution in [2.75, 3.05) is 5.73 Å². The third-order valence-electron chi connectivity index (χ3n) is 4.93. The zero-order chi connectivity index (χ0) is 19.1. The molecule has 0 spiro atoms. The minimum atomic E-state index is 0.458. The molecule has 2 aromatic carbocycles. The van der Waals surface area contributed by atoms with Crippen molar-refractivity contribution >= 4 is 39.9 Å². The number of hydrogen-bond donors (Lipinski definition) is 2. The lowest BCUT2D eigenvalue weighted by Gasteiger charge is -2.09. The quantitative estimate of drug-likeness (QED) is 0.502. The Morgan fingerprint density at radius 1 is 1.15 bits per heavy atom. The molecule has 0 aliphatic heterocycles. The predicted octanol–water partition coefficient (Wildman–Crippen LogP) is 5.05. The summed E-state index contributed by atoms with van der Waals surface area (Å²) in [6.45, 7) is 5.98. The molecule has 134 valence electrons. The van der Waals surface area contributed by atoms with Crippen molar-refractivity contribution in [3.05, 3.63) is 65.9 Å². The van der Waals surface area contributed by atoms with Gasteiger partial charge in [-0.3, -0.25) is 0 Å². The zero-order valence-electron chi connectivity index (χ0n) is 15.3. The van der Waals surface area contributed by atoms with Crippen molar-refractivity contribution < 1.29 is 4.74 Å². The molecule has 2 aromatic heterocycles. The highest BCUT2D eigenvalue weighted by atomic mass is 16.5. The Kier molecular flexibility index (Phi) is 3.92. The number of aromatic nitrogens is 2. The van der Waals surface area contributed by atoms with Crippen molar-refractivity contribution in [1.29, 1.82) is 5.41 Å². The Labute approximate surface area is 157 Å². The van der Waals surface area contributed by atoms with Gasteiger partial charge in [-0.2, -0.15) is 0 Å². The van der Waals surface area contributed by atoms with Gasteiger partial charge in [-0.05, 0) is 54.4 Å². The first kappa shape index (κ1) is 16.8. The fourth-order valence-corrected chi connectivity index (χ4v) is 3.67. The van der Waals surface area contributed by atoms with Gasteiger partial charge in [-0.1, -0.05) is 12.7 Å². The number of nitrogens with two attached hydrogens (primary N) is 1. The lowest BCUT2D eigenvalue weighted by molar-refractivity contribution is 0.481. The normalized spacial score (nSPS) is 11.0. The number of nitrogens with zero attached hydrogens (tertiary/aromatic N) is 2. The van der Waals surface area contributed by atoms with E-state index in [1.165, 1.54) is 6.21 Å². The van der Waals surface area contributed by atoms with Gasteiger partial charge in [0.2, 0.25) is 0 Å². The first-order chi connectivity index (χ1) is 13.0. The standard InChI is InChI=1S/C22H20N4O/c1-4-17-13(2)22-19(9-14(17)11-23)18-10-15(5-7-20(18)26(22)3)27-16-6-8-21(24)25-12-16/h4-12,23H,1H2,2-3H3,(H2,24,25). The fourth-order valence-electron chi connectivity index (χ4n) is 3.67. The number of ether oxygens (including phenoxy) is 1. The molecule has 0 amide bonds. The van der Waals surface area contributed by atoms with E-state index in [-0.39, 0.29) is 0 Å². The molecule has 3 N–H and O–H groups in total. The van der Waals surface area contributed by atoms with E-state index in [0.717, 1.165) is 44.2 Å². The molecule has 27 heavy (non-hydrogen) atoms. The van der Waals surface area contributed by atoms with Crippen molar-refractivity contribution in [2.24, 2.45) is 7.05 Å². The molecular formula is C22H20N4O. The molecule has 0 radical (unpaired) electrons. The number of nitrogen functional groups attached to an aromatic ring is 1. The molecule has 0 saturated carbocycles. The topological polar surface area (TPSA) is 76.9 Å². The van der Waals surface area contributed by atoms with Gasteiger partial charge in [0.05, 0.1) is 11.7 Å². The van der Waals surface area contributed by atoms with E-state index in [9.17, 15) is 0 Å². The van der Waals surface area contributed by atoms with E-state index in [0.29, 0.717) is 11.6 Å². The van der Waals surface area contributed by atoms with Gasteiger partial charge < -0.3 is 20.4 Å². The highest BCUT2D eigenvalue weighted by molar-refractivity contribution is 6.12. The number of aryl methyl sites for hydroxylation is 2. The van der Waals surface area contributed by atoms with E-state index >= 15 is 0 Å². The molecule has 0 bridgehead atoms. The summed E-state index contributed by atoms with van der Waals surface area (Å²) < 4.78 is 8.12. The molecule has 2 heterocycles. The van der Waals surface area contributed by atoms with Crippen molar-refractivity contribution in [3.8, 4) is 11.5 Å². The zero-order valence-corrected chi connectivity index (χ0v) is 15.3. The van der Waals surface area contributed by atoms with Crippen molar-refractivity contribution in [1.82, 2.24) is 9.55 Å². The van der Waals surface area contributed by atoms with Crippen LogP contribution in [0.4, 0.5) is 5.82 Å². The average Bonchev–Trinajstić information content (AvgIpc) is 2.95. The SMILES string of the molecule is C=Cc1c(C=N)cc2c3cc(Oc4ccc(N)nc4)ccc3n(C)c2c1C. The second-order valence-electron chi connectivity index (χ2n) is 6.51. The largest absolute Gasteiger partial charge is 0.456 e. The lowest BCUT2D eigenvalue weighted by atomic mass is 9.98. The second kappa shape index (κ2) is 6.29. The lowest BCUT2D eigenvalue weighted by Crippen LogP contribution is -1.95. The number of fused-ring (bicyclic) bond motifs is 3. The predicted molar refractivity (Wildman–Crippen MR) is 112 cm³/mol. The number of hydrogen-bond acceptors (Lipinski definition) is 4. The van der Waals surface area contributed by atoms with E-state index in [1.807, 2.05) is 30.3 Å². The molecule has 4 aromatic rings. The molecule has 0 unspecified atom stereocenters. The molecule has 0 saturated heterocycles. The molecule has 0 fully saturated rings. The Morgan fingerprint density at radius 3 is 2.59 bits per heavy atom. The van der Waals surface area contributed by atoms with Gasteiger partial charge in [0, 0.05) is 35.1 Å². The summed E-state index contributed by atoms with van der Waals surface area (Å²) in [6, 6.07) is 11.6. The second-order valence-corrected chi connectivity index (χ2v) is 6.51. The van der Waals surface area contributed by atoms with E-state index in [1.54, 1.807) is 18.3 Å². The summed E-state index contributed by atoms with van der Waals surface area (Å²) in [5.41, 5.74) is 10.8. The molecular weight excluding hydrogens is 336 g/mol. The Balaban J connectivity index is 1.93. The molecule has 0 aliphatic rings. The van der Waals surface area contributed by atoms with Crippen LogP contribution in [-0.4, -0.2) is 15.8 Å². The van der Waals surface area contributed by atoms with Gasteiger partial charge in [-0.15, -0.1) is 0 Å². The van der Waals surface area contributed by atoms with Gasteiger partial charge in [0.15, 0.2) is 0 Å². The molecule has 5 heteroatoms. The first-order valence-electron chi connectivity index (χ1n) is 8.61. The van der Waals surface area contributed by atoms with Crippen LogP contribution in [0, 0.1) is 12.3 Å². The van der Waals surface area contributed by atoms with Gasteiger partial charge in [0.1, 0.15) is 17.3 Å². The van der Waals surface area contributed by atoms with Gasteiger partial charge in [-0.25, -0.2) is 4.98 Å². The van der Waals surface area contributed by atoms with E-state index in [2.05, 4.69) is 30.1 Å². The van der Waals surface area contributed by atoms with Crippen LogP contribution in [0.15, 0.2) is 49.2 Å². The molecule has 0 aliphatic carbocycles. The third kappa shape index (κ3) is 2.64.